The summed E-state index contributed by atoms with van der Waals surface area (Å²) >= 11 is 0. The molecule has 0 saturated heterocycles. The number of benzene rings is 1. The SMILES string of the molecule is CN(C(=O)NCCCC(C)(C)CO)[C@H]1CCc2ccccc2C1. The molecule has 1 aliphatic carbocycles. The van der Waals surface area contributed by atoms with Crippen molar-refractivity contribution >= 4 is 6.03 Å². The van der Waals surface area contributed by atoms with Crippen LogP contribution in [0.1, 0.15) is 44.2 Å². The van der Waals surface area contributed by atoms with E-state index in [1.54, 1.807) is 0 Å². The van der Waals surface area contributed by atoms with Gasteiger partial charge in [-0.15, -0.1) is 0 Å². The topological polar surface area (TPSA) is 52.6 Å². The smallest absolute Gasteiger partial charge is 0.317 e. The molecule has 0 aliphatic heterocycles. The third-order valence-electron chi connectivity index (χ3n) is 4.92. The van der Waals surface area contributed by atoms with Crippen LogP contribution in [-0.4, -0.2) is 42.3 Å². The minimum absolute atomic E-state index is 0.0104. The summed E-state index contributed by atoms with van der Waals surface area (Å²) in [6.07, 6.45) is 4.81. The molecule has 2 rings (SSSR count). The molecule has 0 radical (unpaired) electrons. The zero-order chi connectivity index (χ0) is 16.9. The summed E-state index contributed by atoms with van der Waals surface area (Å²) in [7, 11) is 1.89. The molecule has 23 heavy (non-hydrogen) atoms. The highest BCUT2D eigenvalue weighted by molar-refractivity contribution is 5.74. The maximum absolute atomic E-state index is 12.3. The molecule has 1 atom stereocenters. The molecule has 0 saturated carbocycles. The average molecular weight is 318 g/mol. The predicted molar refractivity (Wildman–Crippen MR) is 93.5 cm³/mol. The molecular weight excluding hydrogens is 288 g/mol. The fraction of sp³-hybridized carbons (Fsp3) is 0.632. The number of aryl methyl sites for hydroxylation is 1. The first kappa shape index (κ1) is 17.8. The highest BCUT2D eigenvalue weighted by atomic mass is 16.3. The lowest BCUT2D eigenvalue weighted by atomic mass is 9.88. The first-order chi connectivity index (χ1) is 10.9. The second-order valence-electron chi connectivity index (χ2n) is 7.43. The molecule has 1 aromatic carbocycles. The molecule has 0 aromatic heterocycles. The van der Waals surface area contributed by atoms with Crippen LogP contribution < -0.4 is 5.32 Å². The molecular formula is C19H30N2O2. The Kier molecular flexibility index (Phi) is 6.05. The number of aliphatic hydroxyl groups excluding tert-OH is 1. The summed E-state index contributed by atoms with van der Waals surface area (Å²) in [5, 5.41) is 12.3. The van der Waals surface area contributed by atoms with E-state index in [4.69, 9.17) is 0 Å². The molecule has 0 unspecified atom stereocenters. The van der Waals surface area contributed by atoms with Crippen LogP contribution in [-0.2, 0) is 12.8 Å². The van der Waals surface area contributed by atoms with E-state index in [0.29, 0.717) is 6.54 Å². The Balaban J connectivity index is 1.77. The summed E-state index contributed by atoms with van der Waals surface area (Å²) in [5.41, 5.74) is 2.72. The first-order valence-corrected chi connectivity index (χ1v) is 8.61. The van der Waals surface area contributed by atoms with E-state index in [1.165, 1.54) is 11.1 Å². The van der Waals surface area contributed by atoms with Gasteiger partial charge in [0, 0.05) is 26.2 Å². The van der Waals surface area contributed by atoms with Crippen LogP contribution in [0.3, 0.4) is 0 Å². The van der Waals surface area contributed by atoms with Gasteiger partial charge in [0.1, 0.15) is 0 Å². The second-order valence-corrected chi connectivity index (χ2v) is 7.43. The number of likely N-dealkylation sites (N-methyl/N-ethyl adjacent to an activating group) is 1. The number of carbonyl (C=O) groups is 1. The lowest BCUT2D eigenvalue weighted by molar-refractivity contribution is 0.147. The van der Waals surface area contributed by atoms with Crippen LogP contribution in [0.5, 0.6) is 0 Å². The quantitative estimate of drug-likeness (QED) is 0.792. The zero-order valence-corrected chi connectivity index (χ0v) is 14.6. The fourth-order valence-corrected chi connectivity index (χ4v) is 3.14. The highest BCUT2D eigenvalue weighted by Gasteiger charge is 2.24. The molecule has 1 aliphatic rings. The van der Waals surface area contributed by atoms with E-state index in [1.807, 2.05) is 25.8 Å². The van der Waals surface area contributed by atoms with Crippen molar-refractivity contribution in [3.05, 3.63) is 35.4 Å². The molecule has 2 N–H and O–H groups in total. The fourth-order valence-electron chi connectivity index (χ4n) is 3.14. The number of urea groups is 1. The van der Waals surface area contributed by atoms with Crippen molar-refractivity contribution in [2.24, 2.45) is 5.41 Å². The van der Waals surface area contributed by atoms with E-state index >= 15 is 0 Å². The Hall–Kier alpha value is -1.55. The predicted octanol–water partition coefficient (Wildman–Crippen LogP) is 2.98. The third kappa shape index (κ3) is 4.96. The Labute approximate surface area is 139 Å². The number of nitrogens with one attached hydrogen (secondary N) is 1. The number of aliphatic hydroxyl groups is 1. The largest absolute Gasteiger partial charge is 0.396 e. The van der Waals surface area contributed by atoms with Gasteiger partial charge in [-0.2, -0.15) is 0 Å². The summed E-state index contributed by atoms with van der Waals surface area (Å²) in [6, 6.07) is 8.81. The maximum atomic E-state index is 12.3. The first-order valence-electron chi connectivity index (χ1n) is 8.61. The molecule has 0 fully saturated rings. The van der Waals surface area contributed by atoms with Gasteiger partial charge in [0.25, 0.3) is 0 Å². The van der Waals surface area contributed by atoms with Gasteiger partial charge in [0.2, 0.25) is 0 Å². The monoisotopic (exact) mass is 318 g/mol. The summed E-state index contributed by atoms with van der Waals surface area (Å²) in [5.74, 6) is 0. The summed E-state index contributed by atoms with van der Waals surface area (Å²) in [6.45, 7) is 4.93. The molecule has 0 heterocycles. The van der Waals surface area contributed by atoms with E-state index in [2.05, 4.69) is 29.6 Å². The van der Waals surface area contributed by atoms with Crippen molar-refractivity contribution in [1.82, 2.24) is 10.2 Å². The van der Waals surface area contributed by atoms with Crippen LogP contribution in [0.4, 0.5) is 4.79 Å². The van der Waals surface area contributed by atoms with E-state index in [0.717, 1.165) is 32.1 Å². The normalized spacial score (nSPS) is 17.5. The number of nitrogens with zero attached hydrogens (tertiary/aromatic N) is 1. The lowest BCUT2D eigenvalue weighted by Gasteiger charge is -2.32. The molecule has 128 valence electrons. The van der Waals surface area contributed by atoms with Gasteiger partial charge in [0.05, 0.1) is 0 Å². The van der Waals surface area contributed by atoms with E-state index in [9.17, 15) is 9.90 Å². The van der Waals surface area contributed by atoms with Gasteiger partial charge in [-0.3, -0.25) is 0 Å². The van der Waals surface area contributed by atoms with Gasteiger partial charge < -0.3 is 15.3 Å². The number of amides is 2. The summed E-state index contributed by atoms with van der Waals surface area (Å²) < 4.78 is 0. The van der Waals surface area contributed by atoms with Crippen molar-refractivity contribution in [1.29, 1.82) is 0 Å². The van der Waals surface area contributed by atoms with Crippen LogP contribution in [0.15, 0.2) is 24.3 Å². The van der Waals surface area contributed by atoms with Crippen molar-refractivity contribution in [3.8, 4) is 0 Å². The Morgan fingerprint density at radius 1 is 1.35 bits per heavy atom. The van der Waals surface area contributed by atoms with E-state index in [-0.39, 0.29) is 24.1 Å². The Morgan fingerprint density at radius 3 is 2.74 bits per heavy atom. The van der Waals surface area contributed by atoms with Crippen LogP contribution in [0.2, 0.25) is 0 Å². The van der Waals surface area contributed by atoms with Crippen LogP contribution in [0.25, 0.3) is 0 Å². The lowest BCUT2D eigenvalue weighted by Crippen LogP contribution is -2.46. The number of fused-ring (bicyclic) bond motifs is 1. The van der Waals surface area contributed by atoms with Gasteiger partial charge in [-0.05, 0) is 48.6 Å². The maximum Gasteiger partial charge on any atom is 0.317 e. The minimum Gasteiger partial charge on any atom is -0.396 e. The molecule has 0 spiro atoms. The zero-order valence-electron chi connectivity index (χ0n) is 14.6. The average Bonchev–Trinajstić information content (AvgIpc) is 2.57. The highest BCUT2D eigenvalue weighted by Crippen LogP contribution is 2.24. The van der Waals surface area contributed by atoms with Crippen molar-refractivity contribution in [3.63, 3.8) is 0 Å². The molecule has 1 aromatic rings. The van der Waals surface area contributed by atoms with Gasteiger partial charge >= 0.3 is 6.03 Å². The second kappa shape index (κ2) is 7.82. The van der Waals surface area contributed by atoms with Gasteiger partial charge in [0.15, 0.2) is 0 Å². The Morgan fingerprint density at radius 2 is 2.04 bits per heavy atom. The third-order valence-corrected chi connectivity index (χ3v) is 4.92. The number of rotatable bonds is 6. The Bertz CT molecular complexity index is 528. The number of carbonyl (C=O) groups excluding carboxylic acids is 1. The molecule has 2 amide bonds. The molecule has 0 bridgehead atoms. The van der Waals surface area contributed by atoms with Gasteiger partial charge in [-0.25, -0.2) is 4.79 Å². The van der Waals surface area contributed by atoms with Crippen molar-refractivity contribution < 1.29 is 9.90 Å². The minimum atomic E-state index is -0.0658. The molecule has 4 heteroatoms. The van der Waals surface area contributed by atoms with Crippen LogP contribution >= 0.6 is 0 Å². The van der Waals surface area contributed by atoms with Crippen LogP contribution in [0, 0.1) is 5.41 Å². The van der Waals surface area contributed by atoms with Crippen molar-refractivity contribution in [2.75, 3.05) is 20.2 Å². The summed E-state index contributed by atoms with van der Waals surface area (Å²) in [4.78, 5) is 14.2. The number of hydrogen-bond acceptors (Lipinski definition) is 2. The number of hydrogen-bond donors (Lipinski definition) is 2. The standard InChI is InChI=1S/C19H30N2O2/c1-19(2,14-22)11-6-12-20-18(23)21(3)17-10-9-15-7-4-5-8-16(15)13-17/h4-5,7-8,17,22H,6,9-14H2,1-3H3,(H,20,23)/t17-/m0/s1. The van der Waals surface area contributed by atoms with Crippen molar-refractivity contribution in [2.45, 2.75) is 52.0 Å². The van der Waals surface area contributed by atoms with Gasteiger partial charge in [-0.1, -0.05) is 38.1 Å². The van der Waals surface area contributed by atoms with E-state index < -0.39 is 0 Å². The molecule has 4 nitrogen and oxygen atoms in total.